The molecule has 11 heteroatoms. The van der Waals surface area contributed by atoms with E-state index in [-0.39, 0.29) is 12.8 Å². The van der Waals surface area contributed by atoms with Crippen LogP contribution in [0.2, 0.25) is 0 Å². The SMILES string of the molecule is CCCCCC/C=C\CCCCCCCCC(O)C(=O)NC(COC1OC(CO)C(O)C(O)C1O)C(O)C(O)CCC/C=C/CCCCCCCCCCCC. The van der Waals surface area contributed by atoms with Crippen molar-refractivity contribution in [3.8, 4) is 0 Å². The maximum absolute atomic E-state index is 13.1. The largest absolute Gasteiger partial charge is 0.394 e. The van der Waals surface area contributed by atoms with Crippen molar-refractivity contribution in [3.63, 3.8) is 0 Å². The van der Waals surface area contributed by atoms with Gasteiger partial charge in [0.2, 0.25) is 5.91 Å². The lowest BCUT2D eigenvalue weighted by atomic mass is 9.98. The lowest BCUT2D eigenvalue weighted by Crippen LogP contribution is -2.60. The molecule has 0 aromatic heterocycles. The first-order valence-corrected chi connectivity index (χ1v) is 22.7. The van der Waals surface area contributed by atoms with Gasteiger partial charge in [-0.1, -0.05) is 147 Å². The molecule has 0 aromatic carbocycles. The number of unbranched alkanes of at least 4 members (excludes halogenated alkanes) is 21. The van der Waals surface area contributed by atoms with Crippen molar-refractivity contribution in [2.24, 2.45) is 0 Å². The Hall–Kier alpha value is -1.41. The summed E-state index contributed by atoms with van der Waals surface area (Å²) in [4.78, 5) is 13.1. The van der Waals surface area contributed by atoms with E-state index in [0.717, 1.165) is 57.8 Å². The number of ether oxygens (including phenoxy) is 2. The zero-order valence-electron chi connectivity index (χ0n) is 35.4. The van der Waals surface area contributed by atoms with Gasteiger partial charge in [0.05, 0.1) is 25.4 Å². The van der Waals surface area contributed by atoms with Gasteiger partial charge in [0, 0.05) is 0 Å². The Morgan fingerprint density at radius 3 is 1.55 bits per heavy atom. The monoisotopic (exact) mass is 800 g/mol. The van der Waals surface area contributed by atoms with Gasteiger partial charge in [0.25, 0.3) is 0 Å². The number of rotatable bonds is 37. The molecule has 0 aliphatic carbocycles. The predicted molar refractivity (Wildman–Crippen MR) is 224 cm³/mol. The molecule has 11 nitrogen and oxygen atoms in total. The van der Waals surface area contributed by atoms with Crippen LogP contribution >= 0.6 is 0 Å². The van der Waals surface area contributed by atoms with Crippen LogP contribution in [0.5, 0.6) is 0 Å². The number of allylic oxidation sites excluding steroid dienone is 4. The van der Waals surface area contributed by atoms with Gasteiger partial charge in [-0.15, -0.1) is 0 Å². The number of hydrogen-bond donors (Lipinski definition) is 8. The molecule has 0 aromatic rings. The van der Waals surface area contributed by atoms with Crippen molar-refractivity contribution >= 4 is 5.91 Å². The lowest BCUT2D eigenvalue weighted by Gasteiger charge is -2.40. The van der Waals surface area contributed by atoms with E-state index in [2.05, 4.69) is 43.5 Å². The van der Waals surface area contributed by atoms with Crippen molar-refractivity contribution in [1.82, 2.24) is 5.32 Å². The molecule has 1 fully saturated rings. The molecule has 1 aliphatic heterocycles. The fraction of sp³-hybridized carbons (Fsp3) is 0.889. The number of aliphatic hydroxyl groups excluding tert-OH is 7. The Bertz CT molecular complexity index is 965. The van der Waals surface area contributed by atoms with Gasteiger partial charge in [0.1, 0.15) is 36.6 Å². The first-order valence-electron chi connectivity index (χ1n) is 22.7. The molecular weight excluding hydrogens is 714 g/mol. The van der Waals surface area contributed by atoms with Gasteiger partial charge in [0.15, 0.2) is 6.29 Å². The molecular formula is C45H85NO10. The minimum Gasteiger partial charge on any atom is -0.394 e. The molecule has 1 saturated heterocycles. The summed E-state index contributed by atoms with van der Waals surface area (Å²) in [7, 11) is 0. The van der Waals surface area contributed by atoms with E-state index in [1.165, 1.54) is 89.9 Å². The van der Waals surface area contributed by atoms with Gasteiger partial charge in [-0.3, -0.25) is 4.79 Å². The van der Waals surface area contributed by atoms with E-state index >= 15 is 0 Å². The van der Waals surface area contributed by atoms with E-state index in [0.29, 0.717) is 12.8 Å². The second kappa shape index (κ2) is 35.5. The molecule has 1 rings (SSSR count). The van der Waals surface area contributed by atoms with Gasteiger partial charge in [-0.25, -0.2) is 0 Å². The number of aliphatic hydroxyl groups is 7. The maximum Gasteiger partial charge on any atom is 0.249 e. The highest BCUT2D eigenvalue weighted by molar-refractivity contribution is 5.80. The van der Waals surface area contributed by atoms with Crippen LogP contribution in [0, 0.1) is 0 Å². The summed E-state index contributed by atoms with van der Waals surface area (Å²) in [5, 5.41) is 75.5. The van der Waals surface area contributed by atoms with Crippen LogP contribution in [-0.4, -0.2) is 110 Å². The quantitative estimate of drug-likeness (QED) is 0.0239. The number of nitrogens with one attached hydrogen (secondary N) is 1. The van der Waals surface area contributed by atoms with E-state index in [1.54, 1.807) is 0 Å². The highest BCUT2D eigenvalue weighted by atomic mass is 16.7. The highest BCUT2D eigenvalue weighted by Gasteiger charge is 2.44. The number of amides is 1. The summed E-state index contributed by atoms with van der Waals surface area (Å²) in [6, 6.07) is -1.18. The van der Waals surface area contributed by atoms with Crippen LogP contribution in [-0.2, 0) is 14.3 Å². The van der Waals surface area contributed by atoms with Crippen LogP contribution in [0.1, 0.15) is 187 Å². The van der Waals surface area contributed by atoms with Crippen LogP contribution < -0.4 is 5.32 Å². The Morgan fingerprint density at radius 1 is 0.607 bits per heavy atom. The summed E-state index contributed by atoms with van der Waals surface area (Å²) in [6.07, 6.45) is 26.5. The number of hydrogen-bond acceptors (Lipinski definition) is 10. The van der Waals surface area contributed by atoms with Gasteiger partial charge < -0.3 is 50.5 Å². The zero-order chi connectivity index (χ0) is 41.2. The Kier molecular flexibility index (Phi) is 33.4. The van der Waals surface area contributed by atoms with E-state index in [4.69, 9.17) is 9.47 Å². The minimum absolute atomic E-state index is 0.247. The van der Waals surface area contributed by atoms with Crippen molar-refractivity contribution < 1.29 is 50.0 Å². The smallest absolute Gasteiger partial charge is 0.249 e. The normalized spacial score (nSPS) is 22.5. The molecule has 56 heavy (non-hydrogen) atoms. The fourth-order valence-electron chi connectivity index (χ4n) is 7.14. The fourth-order valence-corrected chi connectivity index (χ4v) is 7.14. The molecule has 1 heterocycles. The molecule has 0 saturated carbocycles. The summed E-state index contributed by atoms with van der Waals surface area (Å²) in [5.41, 5.74) is 0. The molecule has 0 bridgehead atoms. The lowest BCUT2D eigenvalue weighted by molar-refractivity contribution is -0.303. The van der Waals surface area contributed by atoms with E-state index in [9.17, 15) is 40.5 Å². The van der Waals surface area contributed by atoms with Crippen molar-refractivity contribution in [3.05, 3.63) is 24.3 Å². The third-order valence-electron chi connectivity index (χ3n) is 11.0. The zero-order valence-corrected chi connectivity index (χ0v) is 35.4. The second-order valence-corrected chi connectivity index (χ2v) is 16.1. The first-order chi connectivity index (χ1) is 27.2. The standard InChI is InChI=1S/C45H85NO10/c1-3-5-7-9-11-13-15-17-19-21-22-24-26-28-30-32-37(48)40(50)36(35-55-45-43(53)42(52)41(51)39(34-47)56-45)46-44(54)38(49)33-31-29-27-25-23-20-18-16-14-12-10-8-6-4-2/h14,16,24,26,36-43,45,47-53H,3-13,15,17-23,25,27-35H2,1-2H3,(H,46,54)/b16-14-,26-24+. The molecule has 330 valence electrons. The molecule has 1 aliphatic rings. The predicted octanol–water partition coefficient (Wildman–Crippen LogP) is 7.06. The average molecular weight is 800 g/mol. The summed E-state index contributed by atoms with van der Waals surface area (Å²) in [6.45, 7) is 3.39. The van der Waals surface area contributed by atoms with E-state index < -0.39 is 74.2 Å². The highest BCUT2D eigenvalue weighted by Crippen LogP contribution is 2.23. The first kappa shape index (κ1) is 52.6. The number of carbonyl (C=O) groups is 1. The van der Waals surface area contributed by atoms with Crippen LogP contribution in [0.3, 0.4) is 0 Å². The van der Waals surface area contributed by atoms with E-state index in [1.807, 2.05) is 0 Å². The van der Waals surface area contributed by atoms with Gasteiger partial charge in [-0.2, -0.15) is 0 Å². The molecule has 1 amide bonds. The summed E-state index contributed by atoms with van der Waals surface area (Å²) >= 11 is 0. The average Bonchev–Trinajstić information content (AvgIpc) is 3.20. The summed E-state index contributed by atoms with van der Waals surface area (Å²) < 4.78 is 11.1. The third-order valence-corrected chi connectivity index (χ3v) is 11.0. The molecule has 9 unspecified atom stereocenters. The topological polar surface area (TPSA) is 189 Å². The van der Waals surface area contributed by atoms with Gasteiger partial charge >= 0.3 is 0 Å². The Balaban J connectivity index is 2.50. The van der Waals surface area contributed by atoms with Crippen LogP contribution in [0.4, 0.5) is 0 Å². The second-order valence-electron chi connectivity index (χ2n) is 16.1. The van der Waals surface area contributed by atoms with Crippen LogP contribution in [0.25, 0.3) is 0 Å². The maximum atomic E-state index is 13.1. The van der Waals surface area contributed by atoms with Gasteiger partial charge in [-0.05, 0) is 64.2 Å². The third kappa shape index (κ3) is 25.2. The molecule has 0 radical (unpaired) electrons. The van der Waals surface area contributed by atoms with Crippen molar-refractivity contribution in [1.29, 1.82) is 0 Å². The minimum atomic E-state index is -1.67. The van der Waals surface area contributed by atoms with Crippen LogP contribution in [0.15, 0.2) is 24.3 Å². The molecule has 9 atom stereocenters. The molecule has 8 N–H and O–H groups in total. The van der Waals surface area contributed by atoms with Crippen molar-refractivity contribution in [2.45, 2.75) is 242 Å². The Labute approximate surface area is 340 Å². The summed E-state index contributed by atoms with van der Waals surface area (Å²) in [5.74, 6) is -0.713. The molecule has 0 spiro atoms. The number of carbonyl (C=O) groups excluding carboxylic acids is 1. The van der Waals surface area contributed by atoms with Crippen molar-refractivity contribution in [2.75, 3.05) is 13.2 Å². The Morgan fingerprint density at radius 2 is 1.05 bits per heavy atom.